The van der Waals surface area contributed by atoms with Gasteiger partial charge in [-0.05, 0) is 53.4 Å². The van der Waals surface area contributed by atoms with E-state index in [9.17, 15) is 18.0 Å². The molecule has 0 bridgehead atoms. The number of hydrogen-bond donors (Lipinski definition) is 3. The summed E-state index contributed by atoms with van der Waals surface area (Å²) < 4.78 is 65.3. The average Bonchev–Trinajstić information content (AvgIpc) is 3.73. The molecule has 5 aromatic rings. The minimum Gasteiger partial charge on any atom is -0.453 e. The zero-order valence-corrected chi connectivity index (χ0v) is 27.3. The molecule has 0 saturated carbocycles. The van der Waals surface area contributed by atoms with E-state index in [2.05, 4.69) is 25.3 Å². The van der Waals surface area contributed by atoms with Crippen LogP contribution in [0.1, 0.15) is 22.3 Å². The Morgan fingerprint density at radius 3 is 2.56 bits per heavy atom. The number of rotatable bonds is 8. The van der Waals surface area contributed by atoms with Crippen molar-refractivity contribution in [2.45, 2.75) is 25.7 Å². The molecule has 3 N–H and O–H groups in total. The first kappa shape index (κ1) is 33.5. The van der Waals surface area contributed by atoms with E-state index in [4.69, 9.17) is 9.84 Å². The average molecular weight is 693 g/mol. The molecular weight excluding hydrogens is 656 g/mol. The fourth-order valence-electron chi connectivity index (χ4n) is 6.55. The van der Waals surface area contributed by atoms with E-state index in [1.807, 2.05) is 17.2 Å². The lowest BCUT2D eigenvalue weighted by molar-refractivity contribution is -0.138. The van der Waals surface area contributed by atoms with E-state index >= 15 is 4.39 Å². The van der Waals surface area contributed by atoms with Crippen molar-refractivity contribution >= 4 is 22.8 Å². The summed E-state index contributed by atoms with van der Waals surface area (Å²) in [7, 11) is 1.80. The maximum atomic E-state index is 15.1. The minimum atomic E-state index is -4.60. The number of β-amino-alcohol motifs (C(OH)–C–C–N with tert-alkyl or cyclic N) is 1. The number of nitrogens with one attached hydrogen (secondary N) is 2. The fraction of sp³-hybridized carbons (Fsp3) is 0.343. The van der Waals surface area contributed by atoms with Gasteiger partial charge in [-0.3, -0.25) is 14.5 Å². The van der Waals surface area contributed by atoms with Gasteiger partial charge in [-0.2, -0.15) is 18.3 Å². The van der Waals surface area contributed by atoms with Crippen LogP contribution in [0.4, 0.5) is 28.0 Å². The molecule has 5 heterocycles. The maximum absolute atomic E-state index is 15.1. The summed E-state index contributed by atoms with van der Waals surface area (Å²) in [5.74, 6) is -0.279. The highest BCUT2D eigenvalue weighted by Crippen LogP contribution is 2.37. The van der Waals surface area contributed by atoms with Crippen LogP contribution in [0.2, 0.25) is 0 Å². The fourth-order valence-corrected chi connectivity index (χ4v) is 6.55. The van der Waals surface area contributed by atoms with Crippen LogP contribution in [0.3, 0.4) is 0 Å². The van der Waals surface area contributed by atoms with Crippen LogP contribution < -0.4 is 10.1 Å². The number of pyridine rings is 1. The van der Waals surface area contributed by atoms with Gasteiger partial charge in [0.2, 0.25) is 0 Å². The van der Waals surface area contributed by atoms with Gasteiger partial charge in [0.15, 0.2) is 11.6 Å². The molecule has 0 radical (unpaired) electrons. The molecule has 50 heavy (non-hydrogen) atoms. The molecule has 1 saturated heterocycles. The standard InChI is InChI=1S/C35H36F4N8O3/c1-44-19-25(17-41-44)31-16-28-32(30(36)18-40-33(28)43-31)50-27-5-3-22-6-7-47(21-24(22)14-27)34(49)42-26-4-2-23(29(15-26)35(37,38)39)20-46-10-8-45(9-11-46)12-13-48/h2-5,14-19,48H,6-13,20-21H2,1H3,(H,40,43)(H,42,49). The molecule has 0 aliphatic carbocycles. The molecule has 2 amide bonds. The highest BCUT2D eigenvalue weighted by molar-refractivity contribution is 5.90. The van der Waals surface area contributed by atoms with Crippen LogP contribution in [0.25, 0.3) is 22.3 Å². The molecule has 2 aliphatic rings. The van der Waals surface area contributed by atoms with Gasteiger partial charge in [0, 0.05) is 76.9 Å². The number of aliphatic hydroxyl groups is 1. The van der Waals surface area contributed by atoms with E-state index in [-0.39, 0.29) is 36.7 Å². The lowest BCUT2D eigenvalue weighted by atomic mass is 9.99. The largest absolute Gasteiger partial charge is 0.453 e. The van der Waals surface area contributed by atoms with E-state index in [1.165, 1.54) is 17.0 Å². The number of carbonyl (C=O) groups excluding carboxylic acids is 1. The molecule has 1 fully saturated rings. The molecule has 2 aromatic carbocycles. The van der Waals surface area contributed by atoms with Crippen LogP contribution in [0.15, 0.2) is 61.1 Å². The summed E-state index contributed by atoms with van der Waals surface area (Å²) in [5, 5.41) is 16.4. The second-order valence-electron chi connectivity index (χ2n) is 12.6. The van der Waals surface area contributed by atoms with Gasteiger partial charge in [-0.1, -0.05) is 12.1 Å². The number of anilines is 1. The molecule has 0 spiro atoms. The van der Waals surface area contributed by atoms with Crippen molar-refractivity contribution in [1.82, 2.24) is 34.4 Å². The number of halogens is 4. The van der Waals surface area contributed by atoms with Gasteiger partial charge in [0.25, 0.3) is 0 Å². The van der Waals surface area contributed by atoms with Gasteiger partial charge in [-0.25, -0.2) is 14.2 Å². The Hall–Kier alpha value is -4.99. The lowest BCUT2D eigenvalue weighted by Gasteiger charge is -2.34. The summed E-state index contributed by atoms with van der Waals surface area (Å²) in [5.41, 5.74) is 3.13. The number of aryl methyl sites for hydroxylation is 1. The van der Waals surface area contributed by atoms with Crippen molar-refractivity contribution in [3.63, 3.8) is 0 Å². The molecule has 2 aliphatic heterocycles. The smallest absolute Gasteiger partial charge is 0.416 e. The van der Waals surface area contributed by atoms with E-state index in [0.717, 1.165) is 29.0 Å². The predicted octanol–water partition coefficient (Wildman–Crippen LogP) is 5.61. The molecule has 7 rings (SSSR count). The van der Waals surface area contributed by atoms with Crippen molar-refractivity contribution in [2.75, 3.05) is 51.2 Å². The number of ether oxygens (including phenoxy) is 1. The first-order valence-electron chi connectivity index (χ1n) is 16.3. The third kappa shape index (κ3) is 7.15. The monoisotopic (exact) mass is 692 g/mol. The summed E-state index contributed by atoms with van der Waals surface area (Å²) in [6.07, 6.45) is 0.520. The van der Waals surface area contributed by atoms with Crippen LogP contribution >= 0.6 is 0 Å². The second-order valence-corrected chi connectivity index (χ2v) is 12.6. The third-order valence-electron chi connectivity index (χ3n) is 9.22. The first-order valence-corrected chi connectivity index (χ1v) is 16.3. The molecule has 3 aromatic heterocycles. The van der Waals surface area contributed by atoms with Crippen molar-refractivity contribution in [3.05, 3.63) is 89.1 Å². The Morgan fingerprint density at radius 1 is 1.02 bits per heavy atom. The highest BCUT2D eigenvalue weighted by atomic mass is 19.4. The highest BCUT2D eigenvalue weighted by Gasteiger charge is 2.34. The number of aromatic amines is 1. The molecule has 15 heteroatoms. The maximum Gasteiger partial charge on any atom is 0.416 e. The van der Waals surface area contributed by atoms with Crippen molar-refractivity contribution in [2.24, 2.45) is 7.05 Å². The Bertz CT molecular complexity index is 2020. The molecule has 0 atom stereocenters. The van der Waals surface area contributed by atoms with E-state index < -0.39 is 23.6 Å². The van der Waals surface area contributed by atoms with Crippen LogP contribution in [-0.4, -0.2) is 91.5 Å². The lowest BCUT2D eigenvalue weighted by Crippen LogP contribution is -2.46. The number of aromatic nitrogens is 4. The Kier molecular flexibility index (Phi) is 9.20. The molecule has 0 unspecified atom stereocenters. The van der Waals surface area contributed by atoms with Gasteiger partial charge < -0.3 is 25.0 Å². The van der Waals surface area contributed by atoms with Crippen LogP contribution in [0.5, 0.6) is 11.5 Å². The minimum absolute atomic E-state index is 0.000351. The number of carbonyl (C=O) groups is 1. The zero-order chi connectivity index (χ0) is 35.0. The van der Waals surface area contributed by atoms with Crippen molar-refractivity contribution in [3.8, 4) is 22.8 Å². The number of benzene rings is 2. The number of fused-ring (bicyclic) bond motifs is 2. The summed E-state index contributed by atoms with van der Waals surface area (Å²) in [6.45, 7) is 3.83. The summed E-state index contributed by atoms with van der Waals surface area (Å²) in [6, 6.07) is 10.5. The summed E-state index contributed by atoms with van der Waals surface area (Å²) >= 11 is 0. The van der Waals surface area contributed by atoms with Crippen LogP contribution in [-0.2, 0) is 32.7 Å². The summed E-state index contributed by atoms with van der Waals surface area (Å²) in [4.78, 5) is 26.2. The number of alkyl halides is 3. The number of amides is 2. The van der Waals surface area contributed by atoms with Crippen LogP contribution in [0, 0.1) is 5.82 Å². The number of aliphatic hydroxyl groups excluding tert-OH is 1. The van der Waals surface area contributed by atoms with Gasteiger partial charge in [-0.15, -0.1) is 0 Å². The topological polar surface area (TPSA) is 115 Å². The normalized spacial score (nSPS) is 15.8. The second kappa shape index (κ2) is 13.7. The first-order chi connectivity index (χ1) is 24.0. The quantitative estimate of drug-likeness (QED) is 0.181. The predicted molar refractivity (Wildman–Crippen MR) is 178 cm³/mol. The van der Waals surface area contributed by atoms with Gasteiger partial charge in [0.05, 0.1) is 35.6 Å². The molecule has 11 nitrogen and oxygen atoms in total. The van der Waals surface area contributed by atoms with Crippen molar-refractivity contribution < 1.29 is 32.2 Å². The number of nitrogens with zero attached hydrogens (tertiary/aromatic N) is 6. The molecule has 262 valence electrons. The van der Waals surface area contributed by atoms with Gasteiger partial charge in [0.1, 0.15) is 11.4 Å². The number of H-pyrrole nitrogens is 1. The van der Waals surface area contributed by atoms with Gasteiger partial charge >= 0.3 is 12.2 Å². The Balaban J connectivity index is 1.04. The Labute approximate surface area is 285 Å². The number of hydrogen-bond acceptors (Lipinski definition) is 7. The van der Waals surface area contributed by atoms with Crippen molar-refractivity contribution in [1.29, 1.82) is 0 Å². The SMILES string of the molecule is Cn1cc(-c2cc3c(Oc4ccc5c(c4)CN(C(=O)Nc4ccc(CN6CCN(CCO)CC6)c(C(F)(F)F)c4)CC5)c(F)cnc3[nH]2)cn1. The zero-order valence-electron chi connectivity index (χ0n) is 27.3. The Morgan fingerprint density at radius 2 is 1.82 bits per heavy atom. The number of piperazine rings is 1. The number of urea groups is 1. The van der Waals surface area contributed by atoms with E-state index in [1.54, 1.807) is 36.1 Å². The third-order valence-corrected chi connectivity index (χ3v) is 9.22. The molecular formula is C35H36F4N8O3. The van der Waals surface area contributed by atoms with E-state index in [0.29, 0.717) is 68.2 Å².